The Kier molecular flexibility index (Phi) is 54.6. The van der Waals surface area contributed by atoms with E-state index >= 15 is 14.4 Å². The molecule has 0 radical (unpaired) electrons. The van der Waals surface area contributed by atoms with Gasteiger partial charge in [-0.25, -0.2) is 0 Å². The first-order chi connectivity index (χ1) is 68.9. The number of nitrogens with one attached hydrogen (secondary N) is 15. The maximum atomic E-state index is 15.2. The minimum atomic E-state index is -1.70. The van der Waals surface area contributed by atoms with E-state index in [2.05, 4.69) is 68.8 Å². The standard InChI is InChI=1S/C100H155N19O26S2/c1-16-52(6)67-45-81(126)59(13)112-93(139)65(44-80(125)56(10)109-61(15)121)48-146-147-49-75(83(128)40-55(9)98(144)145)118-90(136)53(7)38-78(123)57(11)111-91(137)62(22-19-33-106-99(102)103)42-79(124)58(12)110-89(135)54(8)39-82(127)72(36-50(2)3)116-97(143)74(41-64-47-108-69-25-18-17-24-66(64)69)117-96(142)71(27-30-86(101)131)114-92(138)63(23-20-34-107-100(104)105)43-84(129)73(37-51(4)5)115-95(141)68(60(14)120)46-85(130)76-26-21-35-119(76)87(132)31-29-77(122)70(113-94(67)140)28-32-88(133)134/h17-18,24-25,47,50-60,62-63,65,67-68,70-76,108,120H,16,19-23,26-46,48-49H2,1-15H3,(H2,101,131)(H,109,121)(H,110,135)(H,111,137)(H,112,139)(H,113,140)(H,114,138)(H,115,141)(H,116,143)(H,117,142)(H,118,136)(H,133,134)(H,144,145)(H4,102,103,106)(H4,104,105,107)/t52?,53-,54-,55-,56+,57?,58?,59+,60-,62-,63-,65?,67+,68?,70+,71+,72+,73+,74+,75?,76+/m1/s1. The van der Waals surface area contributed by atoms with Crippen molar-refractivity contribution < 1.29 is 126 Å². The molecule has 2 fully saturated rings. The van der Waals surface area contributed by atoms with Gasteiger partial charge in [0.15, 0.2) is 64.0 Å². The van der Waals surface area contributed by atoms with Gasteiger partial charge in [-0.15, -0.1) is 0 Å². The lowest BCUT2D eigenvalue weighted by molar-refractivity contribution is -0.143. The van der Waals surface area contributed by atoms with Crippen LogP contribution in [0.25, 0.3) is 10.9 Å². The number of hydrogen-bond acceptors (Lipinski definition) is 28. The number of carbonyl (C=O) groups excluding carboxylic acids is 21. The number of rotatable bonds is 31. The minimum Gasteiger partial charge on any atom is -0.481 e. The van der Waals surface area contributed by atoms with Gasteiger partial charge in [0.05, 0.1) is 78.2 Å². The number of nitrogens with zero attached hydrogens (tertiary/aromatic N) is 1. The van der Waals surface area contributed by atoms with Gasteiger partial charge >= 0.3 is 11.9 Å². The van der Waals surface area contributed by atoms with Gasteiger partial charge in [0.25, 0.3) is 0 Å². The number of H-pyrrole nitrogens is 1. The van der Waals surface area contributed by atoms with Crippen LogP contribution in [0.1, 0.15) is 257 Å². The molecule has 1 aromatic heterocycles. The van der Waals surface area contributed by atoms with Crippen LogP contribution in [0.15, 0.2) is 30.5 Å². The van der Waals surface area contributed by atoms with E-state index in [9.17, 15) is 111 Å². The van der Waals surface area contributed by atoms with Crippen LogP contribution in [0.4, 0.5) is 0 Å². The van der Waals surface area contributed by atoms with Crippen molar-refractivity contribution in [1.29, 1.82) is 10.8 Å². The highest BCUT2D eigenvalue weighted by Gasteiger charge is 2.43. The van der Waals surface area contributed by atoms with Gasteiger partial charge in [-0.1, -0.05) is 109 Å². The van der Waals surface area contributed by atoms with Crippen LogP contribution >= 0.6 is 21.6 Å². The molecule has 1 aromatic carbocycles. The van der Waals surface area contributed by atoms with E-state index in [0.717, 1.165) is 28.5 Å². The van der Waals surface area contributed by atoms with Crippen molar-refractivity contribution in [2.24, 2.45) is 82.3 Å². The number of carbonyl (C=O) groups is 23. The number of carboxylic acids is 2. The predicted octanol–water partition coefficient (Wildman–Crippen LogP) is 2.32. The molecule has 0 aliphatic carbocycles. The Hall–Kier alpha value is -12.4. The molecule has 2 aliphatic heterocycles. The molecule has 45 nitrogen and oxygen atoms in total. The zero-order valence-corrected chi connectivity index (χ0v) is 88.5. The van der Waals surface area contributed by atoms with Crippen LogP contribution in [-0.4, -0.2) is 276 Å². The van der Waals surface area contributed by atoms with E-state index in [1.807, 2.05) is 0 Å². The Morgan fingerprint density at radius 1 is 0.510 bits per heavy atom. The molecule has 6 unspecified atom stereocenters. The Balaban J connectivity index is 1.86. The summed E-state index contributed by atoms with van der Waals surface area (Å²) in [4.78, 5) is 328. The van der Waals surface area contributed by atoms with E-state index < -0.39 is 363 Å². The molecule has 147 heavy (non-hydrogen) atoms. The highest BCUT2D eigenvalue weighted by atomic mass is 33.1. The number of para-hydroxylation sites is 1. The van der Waals surface area contributed by atoms with Crippen LogP contribution in [0, 0.1) is 75.9 Å². The Morgan fingerprint density at radius 3 is 1.52 bits per heavy atom. The fourth-order valence-corrected chi connectivity index (χ4v) is 19.6. The van der Waals surface area contributed by atoms with Crippen LogP contribution in [0.5, 0.6) is 0 Å². The number of aliphatic hydroxyl groups excluding tert-OH is 1. The van der Waals surface area contributed by atoms with Gasteiger partial charge in [-0.2, -0.15) is 0 Å². The highest BCUT2D eigenvalue weighted by molar-refractivity contribution is 8.76. The molecule has 2 aliphatic rings. The number of aliphatic carboxylic acids is 2. The lowest BCUT2D eigenvalue weighted by atomic mass is 9.85. The van der Waals surface area contributed by atoms with Crippen molar-refractivity contribution in [2.75, 3.05) is 31.1 Å². The number of amides is 12. The molecule has 47 heteroatoms. The van der Waals surface area contributed by atoms with E-state index in [-0.39, 0.29) is 107 Å². The topological polar surface area (TPSA) is 742 Å². The van der Waals surface area contributed by atoms with E-state index in [1.54, 1.807) is 72.0 Å². The van der Waals surface area contributed by atoms with Crippen LogP contribution in [0.3, 0.4) is 0 Å². The van der Waals surface area contributed by atoms with Gasteiger partial charge in [0.2, 0.25) is 70.9 Å². The first-order valence-electron chi connectivity index (χ1n) is 50.3. The number of benzene rings is 1. The summed E-state index contributed by atoms with van der Waals surface area (Å²) in [6.07, 6.45) is -7.81. The highest BCUT2D eigenvalue weighted by Crippen LogP contribution is 2.32. The number of primary amides is 1. The van der Waals surface area contributed by atoms with Crippen molar-refractivity contribution in [3.05, 3.63) is 36.0 Å². The zero-order chi connectivity index (χ0) is 111. The summed E-state index contributed by atoms with van der Waals surface area (Å²) >= 11 is 0. The van der Waals surface area contributed by atoms with Crippen molar-refractivity contribution in [3.8, 4) is 0 Å². The molecule has 2 saturated heterocycles. The van der Waals surface area contributed by atoms with Crippen LogP contribution in [0.2, 0.25) is 0 Å². The fraction of sp³-hybridized carbons (Fsp3) is 0.670. The summed E-state index contributed by atoms with van der Waals surface area (Å²) in [7, 11) is 1.85. The van der Waals surface area contributed by atoms with E-state index in [1.165, 1.54) is 60.3 Å². The average molecular weight is 2100 g/mol. The molecular formula is C100H155N19O26S2. The maximum absolute atomic E-state index is 15.2. The second-order valence-electron chi connectivity index (χ2n) is 39.8. The molecule has 0 spiro atoms. The van der Waals surface area contributed by atoms with Crippen LogP contribution < -0.4 is 81.0 Å². The second-order valence-corrected chi connectivity index (χ2v) is 42.4. The molecular weight excluding hydrogens is 1950 g/mol. The third kappa shape index (κ3) is 44.6. The number of ketones is 9. The summed E-state index contributed by atoms with van der Waals surface area (Å²) in [5.74, 6) is -32.5. The quantitative estimate of drug-likeness (QED) is 0.0223. The normalized spacial score (nSPS) is 26.0. The van der Waals surface area contributed by atoms with Crippen molar-refractivity contribution in [2.45, 2.75) is 331 Å². The number of Topliss-reactive ketones (excluding diaryl/α,β-unsaturated/α-hetero) is 9. The smallest absolute Gasteiger partial charge is 0.306 e. The van der Waals surface area contributed by atoms with Gasteiger partial charge in [-0.05, 0) is 128 Å². The predicted molar refractivity (Wildman–Crippen MR) is 547 cm³/mol. The average Bonchev–Trinajstić information content (AvgIpc) is 1.70. The Labute approximate surface area is 864 Å². The first kappa shape index (κ1) is 127. The summed E-state index contributed by atoms with van der Waals surface area (Å²) in [6.45, 7) is 22.1. The zero-order valence-electron chi connectivity index (χ0n) is 86.9. The molecule has 24 N–H and O–H groups in total. The number of aromatic amines is 1. The van der Waals surface area contributed by atoms with E-state index in [4.69, 9.17) is 28.0 Å². The third-order valence-corrected chi connectivity index (χ3v) is 28.8. The lowest BCUT2D eigenvalue weighted by Crippen LogP contribution is -2.57. The number of fused-ring (bicyclic) bond motifs is 2. The molecule has 0 saturated carbocycles. The van der Waals surface area contributed by atoms with Crippen molar-refractivity contribution >= 4 is 179 Å². The van der Waals surface area contributed by atoms with Crippen molar-refractivity contribution in [1.82, 2.24) is 73.7 Å². The van der Waals surface area contributed by atoms with E-state index in [0.29, 0.717) is 16.5 Å². The Bertz CT molecular complexity index is 5010. The van der Waals surface area contributed by atoms with Gasteiger partial charge in [0, 0.05) is 168 Å². The molecule has 12 amide bonds. The third-order valence-electron chi connectivity index (χ3n) is 26.3. The summed E-state index contributed by atoms with van der Waals surface area (Å²) in [5, 5.41) is 78.6. The molecule has 0 bridgehead atoms. The summed E-state index contributed by atoms with van der Waals surface area (Å²) in [5.41, 5.74) is 17.9. The van der Waals surface area contributed by atoms with Crippen molar-refractivity contribution in [3.63, 3.8) is 0 Å². The molecule has 3 heterocycles. The van der Waals surface area contributed by atoms with Gasteiger partial charge in [0.1, 0.15) is 12.1 Å². The minimum absolute atomic E-state index is 0.00876. The largest absolute Gasteiger partial charge is 0.481 e. The first-order valence-corrected chi connectivity index (χ1v) is 52.8. The lowest BCUT2D eigenvalue weighted by Gasteiger charge is -2.29. The fourth-order valence-electron chi connectivity index (χ4n) is 17.1. The van der Waals surface area contributed by atoms with Crippen LogP contribution in [-0.2, 0) is 117 Å². The number of nitrogens with two attached hydrogens (primary N) is 3. The molecule has 21 atom stereocenters. The second kappa shape index (κ2) is 63.3. The molecule has 2 aromatic rings. The molecule has 818 valence electrons. The number of carboxylic acid groups (broad SMARTS) is 2. The number of aliphatic hydroxyl groups is 1. The summed E-state index contributed by atoms with van der Waals surface area (Å²) in [6, 6.07) is -8.48. The Morgan fingerprint density at radius 2 is 0.980 bits per heavy atom. The number of guanidine groups is 2. The van der Waals surface area contributed by atoms with Gasteiger partial charge in [-0.3, -0.25) is 121 Å². The number of aromatic nitrogens is 1. The molecule has 4 rings (SSSR count). The monoisotopic (exact) mass is 2100 g/mol. The number of hydrogen-bond donors (Lipinski definition) is 21. The summed E-state index contributed by atoms with van der Waals surface area (Å²) < 4.78 is 0. The van der Waals surface area contributed by atoms with Gasteiger partial charge < -0.3 is 106 Å². The SMILES string of the molecule is CCC(C)[C@@H]1CC(=O)[C@H](C)NC(=O)C(CC(=O)[C@H](C)NC(C)=O)CSSCC(C(=O)C[C@@H](C)C(=O)O)NC(=O)[C@H](C)CC(=O)C(C)NC(=O)[C@H](CCCNC(=N)N)CC(=O)C(C)NC(=O)[C@H](C)CC(=O)[C@H](CC(C)C)NC(=O)[C@H](Cc2c[nH]c3ccccc23)NC(=O)[C@H](CCC(N)=O)NC(=O)[C@H](CCCNC(=N)N)CC(=O)[C@H](CC(C)C)NC(=O)C([C@@H](C)O)CC(=O)[C@@H]2CCCN2C(=O)CCC(=O)[C@H](CCC(=O)O)NC1=O. The maximum Gasteiger partial charge on any atom is 0.306 e.